The van der Waals surface area contributed by atoms with Crippen LogP contribution in [0.2, 0.25) is 0 Å². The first-order chi connectivity index (χ1) is 7.45. The predicted octanol–water partition coefficient (Wildman–Crippen LogP) is 1.29. The quantitative estimate of drug-likeness (QED) is 0.684. The molecule has 2 unspecified atom stereocenters. The number of ether oxygens (including phenoxy) is 2. The Morgan fingerprint density at radius 2 is 1.81 bits per heavy atom. The molecule has 0 radical (unpaired) electrons. The van der Waals surface area contributed by atoms with E-state index in [9.17, 15) is 4.79 Å². The first-order valence-electron chi connectivity index (χ1n) is 5.93. The van der Waals surface area contributed by atoms with Gasteiger partial charge in [-0.1, -0.05) is 6.92 Å². The van der Waals surface area contributed by atoms with Crippen LogP contribution in [0.5, 0.6) is 0 Å². The normalized spacial score (nSPS) is 30.8. The molecule has 0 aromatic carbocycles. The molecule has 94 valence electrons. The first kappa shape index (κ1) is 13.5. The van der Waals surface area contributed by atoms with Crippen LogP contribution in [0.3, 0.4) is 0 Å². The van der Waals surface area contributed by atoms with E-state index >= 15 is 0 Å². The van der Waals surface area contributed by atoms with E-state index in [2.05, 4.69) is 25.7 Å². The van der Waals surface area contributed by atoms with Crippen molar-refractivity contribution in [1.82, 2.24) is 4.90 Å². The lowest BCUT2D eigenvalue weighted by Crippen LogP contribution is -2.52. The van der Waals surface area contributed by atoms with E-state index in [0.717, 1.165) is 13.1 Å². The van der Waals surface area contributed by atoms with Crippen LogP contribution in [0.15, 0.2) is 0 Å². The highest BCUT2D eigenvalue weighted by Crippen LogP contribution is 2.18. The van der Waals surface area contributed by atoms with Gasteiger partial charge in [-0.15, -0.1) is 0 Å². The van der Waals surface area contributed by atoms with E-state index in [1.54, 1.807) is 0 Å². The van der Waals surface area contributed by atoms with Crippen LogP contribution in [0, 0.1) is 5.92 Å². The third-order valence-corrected chi connectivity index (χ3v) is 3.32. The number of methoxy groups -OCH3 is 1. The molecule has 16 heavy (non-hydrogen) atoms. The lowest BCUT2D eigenvalue weighted by Gasteiger charge is -2.40. The van der Waals surface area contributed by atoms with Gasteiger partial charge in [-0.2, -0.15) is 0 Å². The fraction of sp³-hybridized carbons (Fsp3) is 0.917. The highest BCUT2D eigenvalue weighted by atomic mass is 16.5. The molecule has 1 fully saturated rings. The van der Waals surface area contributed by atoms with Crippen molar-refractivity contribution in [3.8, 4) is 0 Å². The molecule has 4 nitrogen and oxygen atoms in total. The molecule has 0 amide bonds. The second-order valence-electron chi connectivity index (χ2n) is 4.76. The van der Waals surface area contributed by atoms with Crippen molar-refractivity contribution >= 4 is 5.97 Å². The standard InChI is InChI=1S/C12H23NO3/c1-8-6-13(7-9(2)16-8)11(4)10(3)12(14)15-5/h8-11H,6-7H2,1-5H3/t8-,9+,10?,11?. The molecule has 0 saturated carbocycles. The van der Waals surface area contributed by atoms with Crippen LogP contribution < -0.4 is 0 Å². The Morgan fingerprint density at radius 1 is 1.31 bits per heavy atom. The molecular formula is C12H23NO3. The highest BCUT2D eigenvalue weighted by molar-refractivity contribution is 5.72. The van der Waals surface area contributed by atoms with Gasteiger partial charge in [-0.25, -0.2) is 0 Å². The van der Waals surface area contributed by atoms with Crippen LogP contribution in [-0.4, -0.2) is 49.3 Å². The summed E-state index contributed by atoms with van der Waals surface area (Å²) >= 11 is 0. The number of carbonyl (C=O) groups is 1. The van der Waals surface area contributed by atoms with Gasteiger partial charge in [0.1, 0.15) is 0 Å². The SMILES string of the molecule is COC(=O)C(C)C(C)N1C[C@@H](C)O[C@@H](C)C1. The van der Waals surface area contributed by atoms with Crippen LogP contribution >= 0.6 is 0 Å². The van der Waals surface area contributed by atoms with Crippen molar-refractivity contribution in [2.24, 2.45) is 5.92 Å². The third-order valence-electron chi connectivity index (χ3n) is 3.32. The minimum atomic E-state index is -0.140. The smallest absolute Gasteiger partial charge is 0.309 e. The van der Waals surface area contributed by atoms with Gasteiger partial charge in [-0.3, -0.25) is 9.69 Å². The van der Waals surface area contributed by atoms with Gasteiger partial charge >= 0.3 is 5.97 Å². The van der Waals surface area contributed by atoms with Gasteiger partial charge in [0.15, 0.2) is 0 Å². The fourth-order valence-corrected chi connectivity index (χ4v) is 2.25. The molecule has 1 saturated heterocycles. The van der Waals surface area contributed by atoms with E-state index in [1.807, 2.05) is 6.92 Å². The average molecular weight is 229 g/mol. The van der Waals surface area contributed by atoms with Gasteiger partial charge in [0, 0.05) is 19.1 Å². The van der Waals surface area contributed by atoms with Crippen LogP contribution in [-0.2, 0) is 14.3 Å². The molecule has 4 heteroatoms. The molecule has 4 atom stereocenters. The molecular weight excluding hydrogens is 206 g/mol. The summed E-state index contributed by atoms with van der Waals surface area (Å²) in [4.78, 5) is 13.8. The molecule has 0 spiro atoms. The summed E-state index contributed by atoms with van der Waals surface area (Å²) < 4.78 is 10.5. The monoisotopic (exact) mass is 229 g/mol. The summed E-state index contributed by atoms with van der Waals surface area (Å²) in [6, 6.07) is 0.196. The van der Waals surface area contributed by atoms with Gasteiger partial charge in [0.2, 0.25) is 0 Å². The Labute approximate surface area is 97.9 Å². The number of esters is 1. The Bertz CT molecular complexity index is 234. The Balaban J connectivity index is 2.58. The van der Waals surface area contributed by atoms with Crippen molar-refractivity contribution in [3.63, 3.8) is 0 Å². The van der Waals surface area contributed by atoms with Gasteiger partial charge in [0.05, 0.1) is 25.2 Å². The molecule has 1 heterocycles. The lowest BCUT2D eigenvalue weighted by atomic mass is 10.0. The van der Waals surface area contributed by atoms with Crippen LogP contribution in [0.25, 0.3) is 0 Å². The lowest BCUT2D eigenvalue weighted by molar-refractivity contribution is -0.149. The number of nitrogens with zero attached hydrogens (tertiary/aromatic N) is 1. The molecule has 0 N–H and O–H groups in total. The number of carbonyl (C=O) groups excluding carboxylic acids is 1. The van der Waals surface area contributed by atoms with Crippen molar-refractivity contribution < 1.29 is 14.3 Å². The maximum absolute atomic E-state index is 11.5. The van der Waals surface area contributed by atoms with Gasteiger partial charge < -0.3 is 9.47 Å². The minimum Gasteiger partial charge on any atom is -0.469 e. The molecule has 0 aliphatic carbocycles. The van der Waals surface area contributed by atoms with Crippen molar-refractivity contribution in [2.75, 3.05) is 20.2 Å². The number of hydrogen-bond donors (Lipinski definition) is 0. The average Bonchev–Trinajstić information content (AvgIpc) is 2.24. The molecule has 0 bridgehead atoms. The number of morpholine rings is 1. The van der Waals surface area contributed by atoms with Crippen molar-refractivity contribution in [3.05, 3.63) is 0 Å². The zero-order valence-electron chi connectivity index (χ0n) is 10.9. The fourth-order valence-electron chi connectivity index (χ4n) is 2.25. The van der Waals surface area contributed by atoms with Crippen molar-refractivity contribution in [1.29, 1.82) is 0 Å². The third kappa shape index (κ3) is 3.19. The molecule has 1 rings (SSSR count). The molecule has 0 aromatic heterocycles. The van der Waals surface area contributed by atoms with Crippen molar-refractivity contribution in [2.45, 2.75) is 45.9 Å². The van der Waals surface area contributed by atoms with E-state index < -0.39 is 0 Å². The maximum atomic E-state index is 11.5. The summed E-state index contributed by atoms with van der Waals surface area (Å²) in [6.45, 7) is 9.89. The zero-order chi connectivity index (χ0) is 12.3. The van der Waals surface area contributed by atoms with Crippen LogP contribution in [0.1, 0.15) is 27.7 Å². The second kappa shape index (κ2) is 5.64. The van der Waals surface area contributed by atoms with Crippen LogP contribution in [0.4, 0.5) is 0 Å². The Kier molecular flexibility index (Phi) is 4.74. The Hall–Kier alpha value is -0.610. The minimum absolute atomic E-state index is 0.0949. The van der Waals surface area contributed by atoms with E-state index in [-0.39, 0.29) is 30.1 Å². The van der Waals surface area contributed by atoms with E-state index in [4.69, 9.17) is 9.47 Å². The summed E-state index contributed by atoms with van der Waals surface area (Å²) in [7, 11) is 1.44. The maximum Gasteiger partial charge on any atom is 0.309 e. The summed E-state index contributed by atoms with van der Waals surface area (Å²) in [5.74, 6) is -0.234. The largest absolute Gasteiger partial charge is 0.469 e. The number of rotatable bonds is 3. The highest BCUT2D eigenvalue weighted by Gasteiger charge is 2.31. The summed E-state index contributed by atoms with van der Waals surface area (Å²) in [5, 5.41) is 0. The predicted molar refractivity (Wildman–Crippen MR) is 62.2 cm³/mol. The van der Waals surface area contributed by atoms with E-state index in [0.29, 0.717) is 0 Å². The Morgan fingerprint density at radius 3 is 2.25 bits per heavy atom. The first-order valence-corrected chi connectivity index (χ1v) is 5.93. The molecule has 1 aliphatic heterocycles. The summed E-state index contributed by atoms with van der Waals surface area (Å²) in [5.41, 5.74) is 0. The second-order valence-corrected chi connectivity index (χ2v) is 4.76. The van der Waals surface area contributed by atoms with Gasteiger partial charge in [-0.05, 0) is 20.8 Å². The van der Waals surface area contributed by atoms with Gasteiger partial charge in [0.25, 0.3) is 0 Å². The molecule has 1 aliphatic rings. The number of hydrogen-bond acceptors (Lipinski definition) is 4. The zero-order valence-corrected chi connectivity index (χ0v) is 10.9. The molecule has 0 aromatic rings. The topological polar surface area (TPSA) is 38.8 Å². The summed E-state index contributed by atoms with van der Waals surface area (Å²) in [6.07, 6.45) is 0.465. The van der Waals surface area contributed by atoms with E-state index in [1.165, 1.54) is 7.11 Å².